The number of likely N-dealkylation sites (tertiary alicyclic amines) is 1. The zero-order valence-electron chi connectivity index (χ0n) is 11.2. The van der Waals surface area contributed by atoms with Gasteiger partial charge in [0.25, 0.3) is 0 Å². The van der Waals surface area contributed by atoms with Gasteiger partial charge >= 0.3 is 6.09 Å². The first-order chi connectivity index (χ1) is 10.0. The number of rotatable bonds is 3. The molecule has 112 valence electrons. The number of benzene rings is 1. The molecule has 0 aliphatic carbocycles. The predicted molar refractivity (Wildman–Crippen MR) is 70.5 cm³/mol. The molecule has 1 aliphatic heterocycles. The molecule has 1 aromatic rings. The standard InChI is InChI=1S/C14H15F2N3O2/c15-11-3-1-10(2-4-11)7-19(9-17)13-5-6-18(14(20)21)8-12(13)16/h1-4,12-13H,5-8H2,(H,20,21)/t12-,13+/m0/s1. The van der Waals surface area contributed by atoms with Crippen molar-refractivity contribution in [1.82, 2.24) is 9.80 Å². The van der Waals surface area contributed by atoms with Crippen molar-refractivity contribution in [2.75, 3.05) is 13.1 Å². The van der Waals surface area contributed by atoms with Crippen LogP contribution in [0.4, 0.5) is 13.6 Å². The summed E-state index contributed by atoms with van der Waals surface area (Å²) in [4.78, 5) is 13.1. The minimum atomic E-state index is -1.42. The van der Waals surface area contributed by atoms with Crippen molar-refractivity contribution >= 4 is 6.09 Å². The van der Waals surface area contributed by atoms with Crippen molar-refractivity contribution in [2.45, 2.75) is 25.2 Å². The maximum absolute atomic E-state index is 14.1. The monoisotopic (exact) mass is 295 g/mol. The summed E-state index contributed by atoms with van der Waals surface area (Å²) in [7, 11) is 0. The second-order valence-corrected chi connectivity index (χ2v) is 4.95. The van der Waals surface area contributed by atoms with E-state index in [1.54, 1.807) is 12.1 Å². The first kappa shape index (κ1) is 15.0. The fourth-order valence-corrected chi connectivity index (χ4v) is 2.43. The third-order valence-corrected chi connectivity index (χ3v) is 3.57. The number of piperidine rings is 1. The zero-order valence-corrected chi connectivity index (χ0v) is 11.2. The highest BCUT2D eigenvalue weighted by molar-refractivity contribution is 5.65. The lowest BCUT2D eigenvalue weighted by Crippen LogP contribution is -2.52. The SMILES string of the molecule is N#CN(Cc1ccc(F)cc1)[C@@H]1CCN(C(=O)O)C[C@@H]1F. The van der Waals surface area contributed by atoms with Gasteiger partial charge in [-0.2, -0.15) is 5.26 Å². The molecule has 2 atom stereocenters. The average molecular weight is 295 g/mol. The molecule has 1 N–H and O–H groups in total. The van der Waals surface area contributed by atoms with Gasteiger partial charge in [-0.1, -0.05) is 12.1 Å². The Morgan fingerprint density at radius 2 is 2.14 bits per heavy atom. The lowest BCUT2D eigenvalue weighted by Gasteiger charge is -2.37. The van der Waals surface area contributed by atoms with Gasteiger partial charge in [0, 0.05) is 6.54 Å². The Morgan fingerprint density at radius 1 is 1.48 bits per heavy atom. The highest BCUT2D eigenvalue weighted by atomic mass is 19.1. The summed E-state index contributed by atoms with van der Waals surface area (Å²) < 4.78 is 26.9. The Labute approximate surface area is 121 Å². The normalized spacial score (nSPS) is 21.7. The van der Waals surface area contributed by atoms with E-state index in [1.807, 2.05) is 6.19 Å². The maximum Gasteiger partial charge on any atom is 0.407 e. The van der Waals surface area contributed by atoms with Crippen LogP contribution in [0.25, 0.3) is 0 Å². The molecular formula is C14H15F2N3O2. The Balaban J connectivity index is 2.03. The molecule has 1 aromatic carbocycles. The highest BCUT2D eigenvalue weighted by Gasteiger charge is 2.35. The molecule has 1 heterocycles. The number of amides is 1. The van der Waals surface area contributed by atoms with E-state index >= 15 is 0 Å². The van der Waals surface area contributed by atoms with Crippen LogP contribution in [0.3, 0.4) is 0 Å². The molecule has 0 bridgehead atoms. The number of carboxylic acid groups (broad SMARTS) is 1. The number of hydrogen-bond acceptors (Lipinski definition) is 3. The highest BCUT2D eigenvalue weighted by Crippen LogP contribution is 2.21. The van der Waals surface area contributed by atoms with E-state index in [4.69, 9.17) is 5.11 Å². The lowest BCUT2D eigenvalue weighted by molar-refractivity contribution is 0.0552. The largest absolute Gasteiger partial charge is 0.465 e. The van der Waals surface area contributed by atoms with Gasteiger partial charge in [-0.15, -0.1) is 0 Å². The molecule has 0 aromatic heterocycles. The summed E-state index contributed by atoms with van der Waals surface area (Å²) in [6, 6.07) is 4.99. The number of halogens is 2. The summed E-state index contributed by atoms with van der Waals surface area (Å²) in [6.45, 7) is 0.137. The quantitative estimate of drug-likeness (QED) is 0.685. The fourth-order valence-electron chi connectivity index (χ4n) is 2.43. The second-order valence-electron chi connectivity index (χ2n) is 4.95. The minimum Gasteiger partial charge on any atom is -0.465 e. The van der Waals surface area contributed by atoms with E-state index < -0.39 is 18.3 Å². The number of carbonyl (C=O) groups is 1. The van der Waals surface area contributed by atoms with E-state index in [0.717, 1.165) is 4.90 Å². The van der Waals surface area contributed by atoms with Crippen LogP contribution >= 0.6 is 0 Å². The Morgan fingerprint density at radius 3 is 2.67 bits per heavy atom. The van der Waals surface area contributed by atoms with E-state index in [-0.39, 0.29) is 31.9 Å². The van der Waals surface area contributed by atoms with E-state index in [9.17, 15) is 18.8 Å². The maximum atomic E-state index is 14.1. The minimum absolute atomic E-state index is 0.176. The van der Waals surface area contributed by atoms with Gasteiger partial charge in [-0.3, -0.25) is 0 Å². The van der Waals surface area contributed by atoms with Crippen LogP contribution in [-0.4, -0.2) is 46.3 Å². The summed E-state index contributed by atoms with van der Waals surface area (Å²) in [6.07, 6.45) is -0.381. The molecular weight excluding hydrogens is 280 g/mol. The van der Waals surface area contributed by atoms with Gasteiger partial charge in [-0.25, -0.2) is 13.6 Å². The van der Waals surface area contributed by atoms with Gasteiger partial charge in [0.2, 0.25) is 0 Å². The second kappa shape index (κ2) is 6.39. The molecule has 0 radical (unpaired) electrons. The van der Waals surface area contributed by atoms with Crippen LogP contribution in [-0.2, 0) is 6.54 Å². The summed E-state index contributed by atoms with van der Waals surface area (Å²) in [5, 5.41) is 18.0. The van der Waals surface area contributed by atoms with Crippen molar-refractivity contribution in [2.24, 2.45) is 0 Å². The molecule has 1 amide bonds. The molecule has 1 saturated heterocycles. The Bertz CT molecular complexity index is 544. The first-order valence-electron chi connectivity index (χ1n) is 6.54. The zero-order chi connectivity index (χ0) is 15.4. The predicted octanol–water partition coefficient (Wildman–Crippen LogP) is 2.20. The smallest absolute Gasteiger partial charge is 0.407 e. The van der Waals surface area contributed by atoms with E-state index in [0.29, 0.717) is 5.56 Å². The molecule has 1 fully saturated rings. The van der Waals surface area contributed by atoms with Crippen LogP contribution < -0.4 is 0 Å². The average Bonchev–Trinajstić information content (AvgIpc) is 2.47. The van der Waals surface area contributed by atoms with Crippen LogP contribution in [0.5, 0.6) is 0 Å². The number of nitriles is 1. The molecule has 1 aliphatic rings. The fraction of sp³-hybridized carbons (Fsp3) is 0.429. The van der Waals surface area contributed by atoms with Gasteiger partial charge in [0.1, 0.15) is 12.0 Å². The van der Waals surface area contributed by atoms with Crippen molar-refractivity contribution in [3.05, 3.63) is 35.6 Å². The van der Waals surface area contributed by atoms with Gasteiger partial charge in [0.15, 0.2) is 6.19 Å². The summed E-state index contributed by atoms with van der Waals surface area (Å²) in [5.41, 5.74) is 0.700. The van der Waals surface area contributed by atoms with Crippen LogP contribution in [0.1, 0.15) is 12.0 Å². The van der Waals surface area contributed by atoms with E-state index in [2.05, 4.69) is 0 Å². The summed E-state index contributed by atoms with van der Waals surface area (Å²) >= 11 is 0. The number of nitrogens with zero attached hydrogens (tertiary/aromatic N) is 3. The molecule has 0 spiro atoms. The molecule has 21 heavy (non-hydrogen) atoms. The van der Waals surface area contributed by atoms with Crippen LogP contribution in [0, 0.1) is 17.3 Å². The van der Waals surface area contributed by atoms with E-state index in [1.165, 1.54) is 17.0 Å². The molecule has 0 saturated carbocycles. The first-order valence-corrected chi connectivity index (χ1v) is 6.54. The Kier molecular flexibility index (Phi) is 4.58. The van der Waals surface area contributed by atoms with Crippen molar-refractivity contribution in [1.29, 1.82) is 5.26 Å². The molecule has 2 rings (SSSR count). The topological polar surface area (TPSA) is 67.6 Å². The summed E-state index contributed by atoms with van der Waals surface area (Å²) in [5.74, 6) is -0.375. The van der Waals surface area contributed by atoms with Crippen molar-refractivity contribution in [3.63, 3.8) is 0 Å². The van der Waals surface area contributed by atoms with Gasteiger partial charge in [0.05, 0.1) is 19.1 Å². The third kappa shape index (κ3) is 3.60. The van der Waals surface area contributed by atoms with Crippen LogP contribution in [0.2, 0.25) is 0 Å². The molecule has 7 heteroatoms. The van der Waals surface area contributed by atoms with Crippen molar-refractivity contribution < 1.29 is 18.7 Å². The Hall–Kier alpha value is -2.36. The number of alkyl halides is 1. The molecule has 5 nitrogen and oxygen atoms in total. The lowest BCUT2D eigenvalue weighted by atomic mass is 10.0. The molecule has 0 unspecified atom stereocenters. The van der Waals surface area contributed by atoms with Gasteiger partial charge in [-0.05, 0) is 24.1 Å². The third-order valence-electron chi connectivity index (χ3n) is 3.57. The van der Waals surface area contributed by atoms with Crippen molar-refractivity contribution in [3.8, 4) is 6.19 Å². The van der Waals surface area contributed by atoms with Crippen LogP contribution in [0.15, 0.2) is 24.3 Å². The number of hydrogen-bond donors (Lipinski definition) is 1. The van der Waals surface area contributed by atoms with Gasteiger partial charge < -0.3 is 14.9 Å².